The maximum atomic E-state index is 8.89. The summed E-state index contributed by atoms with van der Waals surface area (Å²) >= 11 is 3.16. The topological polar surface area (TPSA) is 111 Å². The number of pyridine rings is 2. The summed E-state index contributed by atoms with van der Waals surface area (Å²) < 4.78 is 3.77. The molecule has 4 aromatic heterocycles. The first kappa shape index (κ1) is 20.1. The Bertz CT molecular complexity index is 1310. The van der Waals surface area contributed by atoms with Gasteiger partial charge in [-0.1, -0.05) is 24.3 Å². The first-order valence-electron chi connectivity index (χ1n) is 9.05. The number of hydrogen-bond donors (Lipinski definition) is 0. The number of rotatable bonds is 3. The molecule has 0 saturated heterocycles. The second kappa shape index (κ2) is 9.51. The minimum Gasteiger partial charge on any atom is -0.237 e. The molecule has 0 fully saturated rings. The van der Waals surface area contributed by atoms with Gasteiger partial charge in [0, 0.05) is 18.0 Å². The van der Waals surface area contributed by atoms with E-state index in [1.54, 1.807) is 46.5 Å². The summed E-state index contributed by atoms with van der Waals surface area (Å²) in [6.45, 7) is 0. The molecule has 0 spiro atoms. The quantitative estimate of drug-likeness (QED) is 0.394. The van der Waals surface area contributed by atoms with Crippen LogP contribution in [0.5, 0.6) is 0 Å². The Morgan fingerprint density at radius 1 is 0.742 bits per heavy atom. The second-order valence-corrected chi connectivity index (χ2v) is 6.75. The van der Waals surface area contributed by atoms with Crippen LogP contribution in [0, 0.1) is 11.3 Å². The van der Waals surface area contributed by atoms with Gasteiger partial charge >= 0.3 is 0 Å². The third-order valence-electron chi connectivity index (χ3n) is 3.97. The van der Waals surface area contributed by atoms with Gasteiger partial charge < -0.3 is 0 Å². The molecule has 0 aliphatic rings. The van der Waals surface area contributed by atoms with Crippen molar-refractivity contribution in [1.29, 1.82) is 5.26 Å². The molecule has 0 aliphatic carbocycles. The van der Waals surface area contributed by atoms with Crippen LogP contribution in [-0.4, -0.2) is 39.5 Å². The van der Waals surface area contributed by atoms with Crippen molar-refractivity contribution in [3.63, 3.8) is 0 Å². The Morgan fingerprint density at radius 2 is 1.42 bits per heavy atom. The van der Waals surface area contributed by atoms with Gasteiger partial charge in [0.2, 0.25) is 4.73 Å². The molecule has 5 rings (SSSR count). The van der Waals surface area contributed by atoms with E-state index in [-0.39, 0.29) is 0 Å². The standard InChI is InChI=1S/C14H9N5.C7H5BrN4/c15-9-11-4-3-5-12(8-11)14-17-10-19(18-14)13-6-1-2-7-16-13;8-7-10-5-12(11-7)6-3-1-2-4-9-6/h1-8,10H;1-5H. The molecule has 0 amide bonds. The van der Waals surface area contributed by atoms with Crippen LogP contribution in [0.15, 0.2) is 90.4 Å². The van der Waals surface area contributed by atoms with Gasteiger partial charge in [0.15, 0.2) is 17.5 Å². The molecule has 0 N–H and O–H groups in total. The van der Waals surface area contributed by atoms with Crippen LogP contribution >= 0.6 is 15.9 Å². The molecule has 0 bridgehead atoms. The number of halogens is 1. The van der Waals surface area contributed by atoms with Crippen LogP contribution in [-0.2, 0) is 0 Å². The predicted molar refractivity (Wildman–Crippen MR) is 116 cm³/mol. The third kappa shape index (κ3) is 5.04. The van der Waals surface area contributed by atoms with Gasteiger partial charge in [0.05, 0.1) is 11.6 Å². The average Bonchev–Trinajstić information content (AvgIpc) is 3.50. The van der Waals surface area contributed by atoms with Crippen molar-refractivity contribution < 1.29 is 0 Å². The fourth-order valence-electron chi connectivity index (χ4n) is 2.57. The molecule has 1 aromatic carbocycles. The molecule has 0 saturated carbocycles. The summed E-state index contributed by atoms with van der Waals surface area (Å²) in [6.07, 6.45) is 6.63. The minimum absolute atomic E-state index is 0.563. The average molecular weight is 472 g/mol. The first-order chi connectivity index (χ1) is 15.2. The van der Waals surface area contributed by atoms with Crippen molar-refractivity contribution in [2.75, 3.05) is 0 Å². The lowest BCUT2D eigenvalue weighted by molar-refractivity contribution is 0.838. The van der Waals surface area contributed by atoms with E-state index < -0.39 is 0 Å². The van der Waals surface area contributed by atoms with Crippen LogP contribution in [0.2, 0.25) is 0 Å². The molecule has 31 heavy (non-hydrogen) atoms. The van der Waals surface area contributed by atoms with Crippen molar-refractivity contribution in [1.82, 2.24) is 39.5 Å². The summed E-state index contributed by atoms with van der Waals surface area (Å²) in [6, 6.07) is 20.5. The highest BCUT2D eigenvalue weighted by Gasteiger charge is 2.06. The molecule has 5 aromatic rings. The van der Waals surface area contributed by atoms with Crippen LogP contribution in [0.25, 0.3) is 23.0 Å². The molecule has 0 aliphatic heterocycles. The number of hydrogen-bond acceptors (Lipinski definition) is 7. The van der Waals surface area contributed by atoms with E-state index >= 15 is 0 Å². The number of nitriles is 1. The van der Waals surface area contributed by atoms with E-state index in [0.717, 1.165) is 11.4 Å². The molecule has 10 heteroatoms. The van der Waals surface area contributed by atoms with Crippen LogP contribution in [0.1, 0.15) is 5.56 Å². The number of nitrogens with zero attached hydrogens (tertiary/aromatic N) is 9. The predicted octanol–water partition coefficient (Wildman–Crippen LogP) is 3.63. The smallest absolute Gasteiger partial charge is 0.217 e. The maximum Gasteiger partial charge on any atom is 0.217 e. The van der Waals surface area contributed by atoms with E-state index in [4.69, 9.17) is 5.26 Å². The van der Waals surface area contributed by atoms with Gasteiger partial charge in [-0.25, -0.2) is 29.3 Å². The Labute approximate surface area is 185 Å². The van der Waals surface area contributed by atoms with Crippen molar-refractivity contribution >= 4 is 15.9 Å². The van der Waals surface area contributed by atoms with Crippen molar-refractivity contribution in [3.8, 4) is 29.1 Å². The van der Waals surface area contributed by atoms with Crippen molar-refractivity contribution in [2.24, 2.45) is 0 Å². The zero-order valence-electron chi connectivity index (χ0n) is 16.0. The summed E-state index contributed by atoms with van der Waals surface area (Å²) in [4.78, 5) is 16.5. The van der Waals surface area contributed by atoms with Gasteiger partial charge in [0.25, 0.3) is 0 Å². The van der Waals surface area contributed by atoms with E-state index in [1.807, 2.05) is 48.5 Å². The lowest BCUT2D eigenvalue weighted by Gasteiger charge is -1.97. The molecular weight excluding hydrogens is 458 g/mol. The highest BCUT2D eigenvalue weighted by atomic mass is 79.9. The Hall–Kier alpha value is -4.23. The summed E-state index contributed by atoms with van der Waals surface area (Å²) in [5, 5.41) is 17.3. The zero-order valence-corrected chi connectivity index (χ0v) is 17.6. The highest BCUT2D eigenvalue weighted by molar-refractivity contribution is 9.10. The largest absolute Gasteiger partial charge is 0.237 e. The Kier molecular flexibility index (Phi) is 6.16. The van der Waals surface area contributed by atoms with Crippen LogP contribution in [0.4, 0.5) is 0 Å². The van der Waals surface area contributed by atoms with E-state index in [1.165, 1.54) is 0 Å². The maximum absolute atomic E-state index is 8.89. The lowest BCUT2D eigenvalue weighted by atomic mass is 10.1. The summed E-state index contributed by atoms with van der Waals surface area (Å²) in [5.74, 6) is 2.04. The van der Waals surface area contributed by atoms with Gasteiger partial charge in [-0.3, -0.25) is 0 Å². The summed E-state index contributed by atoms with van der Waals surface area (Å²) in [5.41, 5.74) is 1.40. The van der Waals surface area contributed by atoms with Gasteiger partial charge in [-0.15, -0.1) is 10.2 Å². The van der Waals surface area contributed by atoms with Gasteiger partial charge in [-0.2, -0.15) is 5.26 Å². The molecule has 0 radical (unpaired) electrons. The molecular formula is C21H14BrN9. The molecule has 9 nitrogen and oxygen atoms in total. The SMILES string of the molecule is Brc1ncn(-c2ccccn2)n1.N#Cc1cccc(-c2ncn(-c3ccccn3)n2)c1. The second-order valence-electron chi connectivity index (χ2n) is 6.04. The Balaban J connectivity index is 0.000000166. The van der Waals surface area contributed by atoms with E-state index in [9.17, 15) is 0 Å². The van der Waals surface area contributed by atoms with Crippen LogP contribution in [0.3, 0.4) is 0 Å². The molecule has 4 heterocycles. The van der Waals surface area contributed by atoms with Gasteiger partial charge in [-0.05, 0) is 52.3 Å². The van der Waals surface area contributed by atoms with E-state index in [2.05, 4.69) is 52.1 Å². The fourth-order valence-corrected chi connectivity index (χ4v) is 2.83. The molecule has 0 unspecified atom stereocenters. The van der Waals surface area contributed by atoms with Crippen molar-refractivity contribution in [3.05, 3.63) is 96.0 Å². The Morgan fingerprint density at radius 3 is 2.00 bits per heavy atom. The zero-order chi connectivity index (χ0) is 21.5. The third-order valence-corrected chi connectivity index (χ3v) is 4.34. The monoisotopic (exact) mass is 471 g/mol. The number of aromatic nitrogens is 8. The van der Waals surface area contributed by atoms with Crippen LogP contribution < -0.4 is 0 Å². The molecule has 150 valence electrons. The minimum atomic E-state index is 0.563. The highest BCUT2D eigenvalue weighted by Crippen LogP contribution is 2.16. The van der Waals surface area contributed by atoms with Crippen molar-refractivity contribution in [2.45, 2.75) is 0 Å². The fraction of sp³-hybridized carbons (Fsp3) is 0. The first-order valence-corrected chi connectivity index (χ1v) is 9.84. The summed E-state index contributed by atoms with van der Waals surface area (Å²) in [7, 11) is 0. The lowest BCUT2D eigenvalue weighted by Crippen LogP contribution is -1.97. The number of benzene rings is 1. The van der Waals surface area contributed by atoms with Gasteiger partial charge in [0.1, 0.15) is 12.7 Å². The normalized spacial score (nSPS) is 10.1. The molecule has 0 atom stereocenters. The van der Waals surface area contributed by atoms with E-state index in [0.29, 0.717) is 21.9 Å².